The van der Waals surface area contributed by atoms with Gasteiger partial charge in [-0.15, -0.1) is 0 Å². The van der Waals surface area contributed by atoms with Crippen molar-refractivity contribution in [2.45, 2.75) is 25.8 Å². The molecule has 0 unspecified atom stereocenters. The Hall–Kier alpha value is -2.44. The number of amides is 1. The zero-order valence-corrected chi connectivity index (χ0v) is 16.8. The van der Waals surface area contributed by atoms with E-state index in [0.29, 0.717) is 11.2 Å². The maximum Gasteiger partial charge on any atom is 0.279 e. The quantitative estimate of drug-likeness (QED) is 0.614. The number of aromatic nitrogens is 1. The second kappa shape index (κ2) is 6.87. The first-order valence-corrected chi connectivity index (χ1v) is 10.7. The van der Waals surface area contributed by atoms with Crippen LogP contribution in [0.5, 0.6) is 10.9 Å². The third kappa shape index (κ3) is 3.27. The molecule has 0 aliphatic carbocycles. The summed E-state index contributed by atoms with van der Waals surface area (Å²) in [5.41, 5.74) is 2.29. The Kier molecular flexibility index (Phi) is 4.33. The highest BCUT2D eigenvalue weighted by molar-refractivity contribution is 7.20. The van der Waals surface area contributed by atoms with E-state index in [-0.39, 0.29) is 5.91 Å². The molecule has 28 heavy (non-hydrogen) atoms. The van der Waals surface area contributed by atoms with Crippen molar-refractivity contribution >= 4 is 27.5 Å². The fourth-order valence-electron chi connectivity index (χ4n) is 4.59. The van der Waals surface area contributed by atoms with Gasteiger partial charge in [-0.25, -0.2) is 4.98 Å². The van der Waals surface area contributed by atoms with Gasteiger partial charge in [0.25, 0.3) is 5.19 Å². The molecule has 1 amide bonds. The van der Waals surface area contributed by atoms with Crippen LogP contribution in [0.15, 0.2) is 48.5 Å². The number of quaternary nitrogens is 1. The molecule has 2 bridgehead atoms. The molecule has 2 aliphatic rings. The maximum atomic E-state index is 11.8. The summed E-state index contributed by atoms with van der Waals surface area (Å²) in [6, 6.07) is 16.9. The van der Waals surface area contributed by atoms with Crippen molar-refractivity contribution in [3.63, 3.8) is 0 Å². The number of carbonyl (C=O) groups excluding carboxylic acids is 1. The molecule has 2 aromatic carbocycles. The predicted molar refractivity (Wildman–Crippen MR) is 110 cm³/mol. The average molecular weight is 395 g/mol. The van der Waals surface area contributed by atoms with Crippen LogP contribution in [-0.4, -0.2) is 52.6 Å². The molecule has 2 fully saturated rings. The molecule has 6 heteroatoms. The summed E-state index contributed by atoms with van der Waals surface area (Å²) in [7, 11) is 0. The van der Waals surface area contributed by atoms with Crippen LogP contribution in [0.4, 0.5) is 0 Å². The van der Waals surface area contributed by atoms with Gasteiger partial charge in [0, 0.05) is 19.8 Å². The van der Waals surface area contributed by atoms with E-state index in [9.17, 15) is 4.79 Å². The molecule has 5 nitrogen and oxygen atoms in total. The standard InChI is InChI=1S/C22H24N3O2S/c1-16(26)24-15-25(13-11-18(24)14-25)12-10-17-6-8-19(9-7-17)27-22-23-20-4-2-3-5-21(20)28-22/h2-9,18H,10-15H2,1H3/q+1/t18-,25+/m0/s1. The molecule has 1 aromatic heterocycles. The van der Waals surface area contributed by atoms with Crippen LogP contribution in [0.1, 0.15) is 18.9 Å². The Morgan fingerprint density at radius 3 is 2.82 bits per heavy atom. The first-order valence-electron chi connectivity index (χ1n) is 9.85. The van der Waals surface area contributed by atoms with Gasteiger partial charge in [-0.05, 0) is 29.8 Å². The number of hydrogen-bond acceptors (Lipinski definition) is 4. The smallest absolute Gasteiger partial charge is 0.279 e. The first kappa shape index (κ1) is 17.6. The lowest BCUT2D eigenvalue weighted by molar-refractivity contribution is -0.913. The number of nitrogens with zero attached hydrogens (tertiary/aromatic N) is 3. The van der Waals surface area contributed by atoms with Gasteiger partial charge in [0.1, 0.15) is 12.3 Å². The SMILES string of the molecule is CC(=O)N1C[N@+]2(CCc3ccc(Oc4nc5ccccc5s4)cc3)CC[C@H]1C2. The molecule has 2 saturated heterocycles. The third-order valence-electron chi connectivity index (χ3n) is 6.11. The number of ether oxygens (including phenoxy) is 1. The van der Waals surface area contributed by atoms with Crippen LogP contribution in [0.25, 0.3) is 10.2 Å². The van der Waals surface area contributed by atoms with Crippen molar-refractivity contribution < 1.29 is 14.0 Å². The minimum Gasteiger partial charge on any atom is -0.431 e. The van der Waals surface area contributed by atoms with Crippen molar-refractivity contribution in [2.75, 3.05) is 26.3 Å². The van der Waals surface area contributed by atoms with Gasteiger partial charge in [0.05, 0.1) is 29.3 Å². The number of benzene rings is 2. The zero-order valence-electron chi connectivity index (χ0n) is 16.0. The summed E-state index contributed by atoms with van der Waals surface area (Å²) in [5, 5.41) is 0.678. The number of hydrogen-bond donors (Lipinski definition) is 0. The van der Waals surface area contributed by atoms with Gasteiger partial charge in [-0.1, -0.05) is 35.6 Å². The van der Waals surface area contributed by atoms with E-state index < -0.39 is 0 Å². The van der Waals surface area contributed by atoms with Gasteiger partial charge in [0.15, 0.2) is 6.67 Å². The van der Waals surface area contributed by atoms with Crippen molar-refractivity contribution in [3.8, 4) is 10.9 Å². The number of fused-ring (bicyclic) bond motifs is 3. The van der Waals surface area contributed by atoms with Gasteiger partial charge in [-0.2, -0.15) is 0 Å². The zero-order chi connectivity index (χ0) is 19.1. The topological polar surface area (TPSA) is 42.4 Å². The monoisotopic (exact) mass is 394 g/mol. The Balaban J connectivity index is 1.22. The van der Waals surface area contributed by atoms with E-state index in [0.717, 1.165) is 53.0 Å². The highest BCUT2D eigenvalue weighted by atomic mass is 32.1. The lowest BCUT2D eigenvalue weighted by Crippen LogP contribution is -2.50. The number of para-hydroxylation sites is 1. The van der Waals surface area contributed by atoms with Gasteiger partial charge in [-0.3, -0.25) is 9.69 Å². The Morgan fingerprint density at radius 2 is 2.07 bits per heavy atom. The highest BCUT2D eigenvalue weighted by Gasteiger charge is 2.50. The maximum absolute atomic E-state index is 11.8. The van der Waals surface area contributed by atoms with Crippen molar-refractivity contribution in [1.82, 2.24) is 9.88 Å². The second-order valence-electron chi connectivity index (χ2n) is 7.99. The fraction of sp³-hybridized carbons (Fsp3) is 0.364. The summed E-state index contributed by atoms with van der Waals surface area (Å²) in [4.78, 5) is 18.4. The molecular weight excluding hydrogens is 370 g/mol. The second-order valence-corrected chi connectivity index (χ2v) is 8.98. The van der Waals surface area contributed by atoms with Crippen LogP contribution < -0.4 is 4.74 Å². The molecule has 5 rings (SSSR count). The summed E-state index contributed by atoms with van der Waals surface area (Å²) in [5.74, 6) is 1.04. The van der Waals surface area contributed by atoms with Crippen LogP contribution in [0.2, 0.25) is 0 Å². The van der Waals surface area contributed by atoms with E-state index in [2.05, 4.69) is 28.1 Å². The Labute approximate surface area is 168 Å². The number of rotatable bonds is 5. The predicted octanol–water partition coefficient (Wildman–Crippen LogP) is 4.04. The molecular formula is C22H24N3O2S+. The molecule has 0 N–H and O–H groups in total. The molecule has 0 spiro atoms. The number of carbonyl (C=O) groups is 1. The normalized spacial score (nSPS) is 23.5. The molecule has 0 radical (unpaired) electrons. The molecule has 3 aromatic rings. The molecule has 144 valence electrons. The molecule has 3 heterocycles. The molecule has 0 saturated carbocycles. The molecule has 2 atom stereocenters. The van der Waals surface area contributed by atoms with E-state index in [1.165, 1.54) is 12.1 Å². The van der Waals surface area contributed by atoms with Crippen LogP contribution >= 0.6 is 11.3 Å². The van der Waals surface area contributed by atoms with Crippen molar-refractivity contribution in [3.05, 3.63) is 54.1 Å². The highest BCUT2D eigenvalue weighted by Crippen LogP contribution is 2.33. The van der Waals surface area contributed by atoms with E-state index in [4.69, 9.17) is 4.74 Å². The largest absolute Gasteiger partial charge is 0.431 e. The van der Waals surface area contributed by atoms with Crippen LogP contribution in [0.3, 0.4) is 0 Å². The van der Waals surface area contributed by atoms with Gasteiger partial charge in [0.2, 0.25) is 5.91 Å². The lowest BCUT2D eigenvalue weighted by atomic mass is 10.1. The summed E-state index contributed by atoms with van der Waals surface area (Å²) in [6.45, 7) is 6.01. The average Bonchev–Trinajstić information content (AvgIpc) is 3.40. The molecule has 2 aliphatic heterocycles. The summed E-state index contributed by atoms with van der Waals surface area (Å²) in [6.07, 6.45) is 2.18. The number of thiazole rings is 1. The Bertz CT molecular complexity index is 983. The fourth-order valence-corrected chi connectivity index (χ4v) is 5.43. The Morgan fingerprint density at radius 1 is 1.25 bits per heavy atom. The first-order chi connectivity index (χ1) is 13.6. The van der Waals surface area contributed by atoms with Crippen LogP contribution in [0, 0.1) is 0 Å². The van der Waals surface area contributed by atoms with Crippen molar-refractivity contribution in [1.29, 1.82) is 0 Å². The minimum absolute atomic E-state index is 0.223. The summed E-state index contributed by atoms with van der Waals surface area (Å²) < 4.78 is 8.14. The van der Waals surface area contributed by atoms with E-state index >= 15 is 0 Å². The van der Waals surface area contributed by atoms with E-state index in [1.54, 1.807) is 18.3 Å². The minimum atomic E-state index is 0.223. The summed E-state index contributed by atoms with van der Waals surface area (Å²) >= 11 is 1.56. The van der Waals surface area contributed by atoms with E-state index in [1.807, 2.05) is 30.3 Å². The van der Waals surface area contributed by atoms with Crippen molar-refractivity contribution in [2.24, 2.45) is 0 Å². The van der Waals surface area contributed by atoms with Gasteiger partial charge >= 0.3 is 0 Å². The van der Waals surface area contributed by atoms with Gasteiger partial charge < -0.3 is 9.22 Å². The third-order valence-corrected chi connectivity index (χ3v) is 7.02. The van der Waals surface area contributed by atoms with Crippen LogP contribution in [-0.2, 0) is 11.2 Å². The lowest BCUT2D eigenvalue weighted by Gasteiger charge is -2.34.